The standard InChI is InChI=1S/C14H16N2O6/c1-22-12-5-4-10(16(20)21)6-9(12)7-11(14(18)19)15-13(17)8-2-3-8/h4-6,8,11H,2-3,7H2,1H3,(H,15,17)(H,18,19)/t11-/m0/s1. The molecule has 0 bridgehead atoms. The number of nitro groups is 1. The molecule has 1 atom stereocenters. The number of rotatable bonds is 7. The van der Waals surface area contributed by atoms with Gasteiger partial charge < -0.3 is 15.2 Å². The Morgan fingerprint density at radius 1 is 1.50 bits per heavy atom. The number of nitrogens with zero attached hydrogens (tertiary/aromatic N) is 1. The molecule has 0 saturated heterocycles. The van der Waals surface area contributed by atoms with Gasteiger partial charge in [-0.15, -0.1) is 0 Å². The molecule has 0 aliphatic heterocycles. The number of aliphatic carboxylic acids is 1. The van der Waals surface area contributed by atoms with Gasteiger partial charge in [0.1, 0.15) is 11.8 Å². The number of carbonyl (C=O) groups excluding carboxylic acids is 1. The van der Waals surface area contributed by atoms with Gasteiger partial charge in [0.05, 0.1) is 12.0 Å². The van der Waals surface area contributed by atoms with Gasteiger partial charge in [0.25, 0.3) is 5.69 Å². The molecule has 1 amide bonds. The Balaban J connectivity index is 2.20. The average molecular weight is 308 g/mol. The van der Waals surface area contributed by atoms with Gasteiger partial charge in [-0.25, -0.2) is 4.79 Å². The lowest BCUT2D eigenvalue weighted by Crippen LogP contribution is -2.43. The van der Waals surface area contributed by atoms with Gasteiger partial charge in [-0.05, 0) is 18.9 Å². The van der Waals surface area contributed by atoms with Gasteiger partial charge in [-0.2, -0.15) is 0 Å². The first kappa shape index (κ1) is 15.7. The molecule has 0 aromatic heterocycles. The normalized spacial score (nSPS) is 15.0. The molecule has 1 saturated carbocycles. The number of carboxylic acids is 1. The number of benzene rings is 1. The van der Waals surface area contributed by atoms with Gasteiger partial charge in [0.15, 0.2) is 0 Å². The van der Waals surface area contributed by atoms with E-state index in [0.717, 1.165) is 12.8 Å². The van der Waals surface area contributed by atoms with Crippen molar-refractivity contribution in [2.24, 2.45) is 5.92 Å². The van der Waals surface area contributed by atoms with Gasteiger partial charge in [-0.3, -0.25) is 14.9 Å². The van der Waals surface area contributed by atoms with Crippen molar-refractivity contribution in [2.45, 2.75) is 25.3 Å². The quantitative estimate of drug-likeness (QED) is 0.575. The summed E-state index contributed by atoms with van der Waals surface area (Å²) in [5.41, 5.74) is 0.202. The predicted octanol–water partition coefficient (Wildman–Crippen LogP) is 1.13. The maximum atomic E-state index is 11.7. The Morgan fingerprint density at radius 3 is 2.68 bits per heavy atom. The number of nitrogens with one attached hydrogen (secondary N) is 1. The smallest absolute Gasteiger partial charge is 0.326 e. The van der Waals surface area contributed by atoms with E-state index in [1.807, 2.05) is 0 Å². The fraction of sp³-hybridized carbons (Fsp3) is 0.429. The summed E-state index contributed by atoms with van der Waals surface area (Å²) in [6.45, 7) is 0. The Bertz CT molecular complexity index is 611. The molecule has 8 nitrogen and oxygen atoms in total. The number of ether oxygens (including phenoxy) is 1. The molecule has 1 fully saturated rings. The van der Waals surface area contributed by atoms with E-state index in [9.17, 15) is 24.8 Å². The van der Waals surface area contributed by atoms with Crippen LogP contribution < -0.4 is 10.1 Å². The zero-order chi connectivity index (χ0) is 16.3. The SMILES string of the molecule is COc1ccc([N+](=O)[O-])cc1C[C@H](NC(=O)C1CC1)C(=O)O. The second kappa shape index (κ2) is 6.42. The second-order valence-electron chi connectivity index (χ2n) is 5.13. The molecule has 1 aliphatic carbocycles. The highest BCUT2D eigenvalue weighted by atomic mass is 16.6. The summed E-state index contributed by atoms with van der Waals surface area (Å²) in [7, 11) is 1.39. The van der Waals surface area contributed by atoms with Crippen molar-refractivity contribution in [2.75, 3.05) is 7.11 Å². The number of hydrogen-bond donors (Lipinski definition) is 2. The third kappa shape index (κ3) is 3.72. The third-order valence-corrected chi connectivity index (χ3v) is 3.46. The highest BCUT2D eigenvalue weighted by molar-refractivity contribution is 5.86. The molecule has 2 N–H and O–H groups in total. The number of hydrogen-bond acceptors (Lipinski definition) is 5. The Kier molecular flexibility index (Phi) is 4.59. The molecule has 2 rings (SSSR count). The molecule has 0 spiro atoms. The van der Waals surface area contributed by atoms with E-state index in [-0.39, 0.29) is 23.9 Å². The van der Waals surface area contributed by atoms with E-state index in [2.05, 4.69) is 5.32 Å². The predicted molar refractivity (Wildman–Crippen MR) is 75.6 cm³/mol. The Hall–Kier alpha value is -2.64. The molecule has 8 heteroatoms. The minimum atomic E-state index is -1.19. The zero-order valence-electron chi connectivity index (χ0n) is 11.9. The molecule has 22 heavy (non-hydrogen) atoms. The number of carboxylic acid groups (broad SMARTS) is 1. The van der Waals surface area contributed by atoms with Crippen molar-refractivity contribution in [3.63, 3.8) is 0 Å². The van der Waals surface area contributed by atoms with Crippen molar-refractivity contribution in [1.29, 1.82) is 0 Å². The first-order valence-corrected chi connectivity index (χ1v) is 6.77. The highest BCUT2D eigenvalue weighted by Gasteiger charge is 2.33. The first-order valence-electron chi connectivity index (χ1n) is 6.77. The third-order valence-electron chi connectivity index (χ3n) is 3.46. The molecule has 0 radical (unpaired) electrons. The van der Waals surface area contributed by atoms with Crippen LogP contribution in [0.2, 0.25) is 0 Å². The Morgan fingerprint density at radius 2 is 2.18 bits per heavy atom. The van der Waals surface area contributed by atoms with Gasteiger partial charge in [0, 0.05) is 30.0 Å². The monoisotopic (exact) mass is 308 g/mol. The highest BCUT2D eigenvalue weighted by Crippen LogP contribution is 2.29. The lowest BCUT2D eigenvalue weighted by atomic mass is 10.0. The lowest BCUT2D eigenvalue weighted by molar-refractivity contribution is -0.384. The number of non-ortho nitro benzene ring substituents is 1. The van der Waals surface area contributed by atoms with E-state index in [1.54, 1.807) is 0 Å². The fourth-order valence-electron chi connectivity index (χ4n) is 2.09. The fourth-order valence-corrected chi connectivity index (χ4v) is 2.09. The van der Waals surface area contributed by atoms with Crippen LogP contribution in [0.15, 0.2) is 18.2 Å². The maximum absolute atomic E-state index is 11.7. The summed E-state index contributed by atoms with van der Waals surface area (Å²) in [4.78, 5) is 33.3. The van der Waals surface area contributed by atoms with Gasteiger partial charge in [0.2, 0.25) is 5.91 Å². The lowest BCUT2D eigenvalue weighted by Gasteiger charge is -2.16. The largest absolute Gasteiger partial charge is 0.496 e. The first-order chi connectivity index (χ1) is 10.4. The second-order valence-corrected chi connectivity index (χ2v) is 5.13. The van der Waals surface area contributed by atoms with Crippen molar-refractivity contribution >= 4 is 17.6 Å². The summed E-state index contributed by atoms with van der Waals surface area (Å²) < 4.78 is 5.10. The van der Waals surface area contributed by atoms with Crippen LogP contribution in [0.25, 0.3) is 0 Å². The van der Waals surface area contributed by atoms with Crippen molar-refractivity contribution in [1.82, 2.24) is 5.32 Å². The zero-order valence-corrected chi connectivity index (χ0v) is 11.9. The number of nitro benzene ring substituents is 1. The van der Waals surface area contributed by atoms with Crippen LogP contribution in [-0.4, -0.2) is 35.1 Å². The van der Waals surface area contributed by atoms with Gasteiger partial charge in [-0.1, -0.05) is 0 Å². The molecule has 1 aromatic carbocycles. The van der Waals surface area contributed by atoms with E-state index in [1.165, 1.54) is 25.3 Å². The topological polar surface area (TPSA) is 119 Å². The van der Waals surface area contributed by atoms with Crippen molar-refractivity contribution in [3.05, 3.63) is 33.9 Å². The van der Waals surface area contributed by atoms with E-state index < -0.39 is 16.9 Å². The van der Waals surface area contributed by atoms with E-state index in [4.69, 9.17) is 4.74 Å². The molecule has 0 unspecified atom stereocenters. The maximum Gasteiger partial charge on any atom is 0.326 e. The average Bonchev–Trinajstić information content (AvgIpc) is 3.30. The van der Waals surface area contributed by atoms with Crippen LogP contribution in [-0.2, 0) is 16.0 Å². The van der Waals surface area contributed by atoms with Crippen LogP contribution >= 0.6 is 0 Å². The summed E-state index contributed by atoms with van der Waals surface area (Å²) in [6, 6.07) is 2.80. The molecule has 0 heterocycles. The Labute approximate surface area is 126 Å². The summed E-state index contributed by atoms with van der Waals surface area (Å²) >= 11 is 0. The van der Waals surface area contributed by atoms with Crippen molar-refractivity contribution < 1.29 is 24.4 Å². The minimum absolute atomic E-state index is 0.0847. The van der Waals surface area contributed by atoms with Crippen LogP contribution in [0.4, 0.5) is 5.69 Å². The summed E-state index contributed by atoms with van der Waals surface area (Å²) in [6.07, 6.45) is 1.44. The number of methoxy groups -OCH3 is 1. The van der Waals surface area contributed by atoms with Crippen LogP contribution in [0.3, 0.4) is 0 Å². The summed E-state index contributed by atoms with van der Waals surface area (Å²) in [5, 5.41) is 22.5. The minimum Gasteiger partial charge on any atom is -0.496 e. The van der Waals surface area contributed by atoms with Crippen LogP contribution in [0.5, 0.6) is 5.75 Å². The van der Waals surface area contributed by atoms with Crippen molar-refractivity contribution in [3.8, 4) is 5.75 Å². The molecule has 1 aliphatic rings. The molecular formula is C14H16N2O6. The molecule has 1 aromatic rings. The molecular weight excluding hydrogens is 292 g/mol. The van der Waals surface area contributed by atoms with E-state index in [0.29, 0.717) is 11.3 Å². The molecule has 118 valence electrons. The van der Waals surface area contributed by atoms with Gasteiger partial charge >= 0.3 is 5.97 Å². The summed E-state index contributed by atoms with van der Waals surface area (Å²) in [5.74, 6) is -1.26. The number of amides is 1. The van der Waals surface area contributed by atoms with Crippen LogP contribution in [0, 0.1) is 16.0 Å². The van der Waals surface area contributed by atoms with E-state index >= 15 is 0 Å². The van der Waals surface area contributed by atoms with Crippen LogP contribution in [0.1, 0.15) is 18.4 Å². The number of carbonyl (C=O) groups is 2.